The second kappa shape index (κ2) is 5.83. The summed E-state index contributed by atoms with van der Waals surface area (Å²) in [5.41, 5.74) is 9.23. The van der Waals surface area contributed by atoms with Gasteiger partial charge in [0.1, 0.15) is 5.75 Å². The Balaban J connectivity index is 2.44. The number of halogens is 2. The van der Waals surface area contributed by atoms with Crippen LogP contribution >= 0.6 is 23.2 Å². The Hall–Kier alpha value is -1.22. The highest BCUT2D eigenvalue weighted by molar-refractivity contribution is 6.32. The first-order valence-electron chi connectivity index (χ1n) is 5.88. The van der Waals surface area contributed by atoms with Gasteiger partial charge in [-0.2, -0.15) is 0 Å². The van der Waals surface area contributed by atoms with E-state index < -0.39 is 0 Å². The molecule has 100 valence electrons. The maximum absolute atomic E-state index is 6.30. The minimum Gasteiger partial charge on any atom is -0.495 e. The summed E-state index contributed by atoms with van der Waals surface area (Å²) in [5.74, 6) is 0.620. The maximum atomic E-state index is 6.30. The third-order valence-electron chi connectivity index (χ3n) is 3.18. The lowest BCUT2D eigenvalue weighted by Gasteiger charge is -2.17. The molecule has 4 heteroatoms. The summed E-state index contributed by atoms with van der Waals surface area (Å²) < 4.78 is 5.21. The number of ether oxygens (including phenoxy) is 1. The molecule has 0 aliphatic carbocycles. The fourth-order valence-electron chi connectivity index (χ4n) is 2.01. The number of hydrogen-bond donors (Lipinski definition) is 1. The molecular weight excluding hydrogens is 281 g/mol. The summed E-state index contributed by atoms with van der Waals surface area (Å²) in [6.07, 6.45) is 0. The van der Waals surface area contributed by atoms with Gasteiger partial charge in [0, 0.05) is 5.02 Å². The van der Waals surface area contributed by atoms with Crippen molar-refractivity contribution in [3.8, 4) is 5.75 Å². The molecule has 0 aromatic heterocycles. The first kappa shape index (κ1) is 14.2. The number of benzene rings is 2. The van der Waals surface area contributed by atoms with Crippen LogP contribution in [-0.4, -0.2) is 7.11 Å². The van der Waals surface area contributed by atoms with Crippen molar-refractivity contribution < 1.29 is 4.74 Å². The normalized spacial score (nSPS) is 12.3. The average molecular weight is 296 g/mol. The molecule has 0 spiro atoms. The molecule has 0 aliphatic rings. The highest BCUT2D eigenvalue weighted by Crippen LogP contribution is 2.31. The minimum absolute atomic E-state index is 0.259. The third-order valence-corrected chi connectivity index (χ3v) is 3.90. The number of rotatable bonds is 3. The molecule has 0 saturated heterocycles. The Bertz CT molecular complexity index is 599. The molecule has 19 heavy (non-hydrogen) atoms. The predicted molar refractivity (Wildman–Crippen MR) is 80.2 cm³/mol. The Morgan fingerprint density at radius 3 is 2.53 bits per heavy atom. The van der Waals surface area contributed by atoms with Gasteiger partial charge in [-0.3, -0.25) is 0 Å². The lowest BCUT2D eigenvalue weighted by atomic mass is 9.95. The largest absolute Gasteiger partial charge is 0.495 e. The molecule has 2 N–H and O–H groups in total. The predicted octanol–water partition coefficient (Wildman–Crippen LogP) is 4.36. The van der Waals surface area contributed by atoms with Gasteiger partial charge < -0.3 is 10.5 Å². The van der Waals surface area contributed by atoms with E-state index in [0.29, 0.717) is 15.8 Å². The van der Waals surface area contributed by atoms with Gasteiger partial charge in [-0.1, -0.05) is 41.4 Å². The van der Waals surface area contributed by atoms with Crippen LogP contribution in [-0.2, 0) is 0 Å². The van der Waals surface area contributed by atoms with Crippen molar-refractivity contribution in [2.45, 2.75) is 13.0 Å². The Morgan fingerprint density at radius 2 is 1.84 bits per heavy atom. The minimum atomic E-state index is -0.259. The summed E-state index contributed by atoms with van der Waals surface area (Å²) in [6.45, 7) is 1.96. The molecule has 0 radical (unpaired) electrons. The van der Waals surface area contributed by atoms with Gasteiger partial charge in [-0.15, -0.1) is 0 Å². The fraction of sp³-hybridized carbons (Fsp3) is 0.200. The van der Waals surface area contributed by atoms with Crippen LogP contribution in [0.15, 0.2) is 36.4 Å². The van der Waals surface area contributed by atoms with Crippen LogP contribution in [0.5, 0.6) is 5.75 Å². The van der Waals surface area contributed by atoms with Gasteiger partial charge in [-0.05, 0) is 41.8 Å². The quantitative estimate of drug-likeness (QED) is 0.913. The van der Waals surface area contributed by atoms with Gasteiger partial charge in [-0.25, -0.2) is 0 Å². The molecule has 0 fully saturated rings. The molecule has 0 amide bonds. The summed E-state index contributed by atoms with van der Waals surface area (Å²) >= 11 is 12.1. The van der Waals surface area contributed by atoms with Crippen molar-refractivity contribution in [1.29, 1.82) is 0 Å². The van der Waals surface area contributed by atoms with Gasteiger partial charge in [0.2, 0.25) is 0 Å². The number of hydrogen-bond acceptors (Lipinski definition) is 2. The van der Waals surface area contributed by atoms with E-state index in [1.807, 2.05) is 37.3 Å². The van der Waals surface area contributed by atoms with Crippen molar-refractivity contribution in [3.05, 3.63) is 63.1 Å². The molecule has 0 saturated carbocycles. The first-order chi connectivity index (χ1) is 9.04. The molecule has 0 aliphatic heterocycles. The van der Waals surface area contributed by atoms with Gasteiger partial charge in [0.25, 0.3) is 0 Å². The zero-order valence-electron chi connectivity index (χ0n) is 10.8. The summed E-state index contributed by atoms with van der Waals surface area (Å²) in [4.78, 5) is 0. The van der Waals surface area contributed by atoms with Crippen molar-refractivity contribution in [2.75, 3.05) is 7.11 Å². The molecule has 2 aromatic carbocycles. The van der Waals surface area contributed by atoms with E-state index >= 15 is 0 Å². The van der Waals surface area contributed by atoms with Crippen LogP contribution < -0.4 is 10.5 Å². The van der Waals surface area contributed by atoms with Crippen LogP contribution in [0.2, 0.25) is 10.0 Å². The second-order valence-corrected chi connectivity index (χ2v) is 5.14. The van der Waals surface area contributed by atoms with E-state index in [2.05, 4.69) is 0 Å². The van der Waals surface area contributed by atoms with E-state index in [1.165, 1.54) is 0 Å². The topological polar surface area (TPSA) is 35.2 Å². The van der Waals surface area contributed by atoms with Crippen molar-refractivity contribution in [1.82, 2.24) is 0 Å². The molecule has 1 atom stereocenters. The van der Waals surface area contributed by atoms with Crippen molar-refractivity contribution >= 4 is 23.2 Å². The van der Waals surface area contributed by atoms with E-state index in [1.54, 1.807) is 13.2 Å². The van der Waals surface area contributed by atoms with E-state index in [9.17, 15) is 0 Å². The molecule has 1 unspecified atom stereocenters. The van der Waals surface area contributed by atoms with Crippen LogP contribution in [0, 0.1) is 6.92 Å². The first-order valence-corrected chi connectivity index (χ1v) is 6.64. The van der Waals surface area contributed by atoms with E-state index in [-0.39, 0.29) is 6.04 Å². The highest BCUT2D eigenvalue weighted by atomic mass is 35.5. The Labute approximate surface area is 123 Å². The molecular formula is C15H15Cl2NO. The summed E-state index contributed by atoms with van der Waals surface area (Å²) in [5, 5.41) is 1.29. The SMILES string of the molecule is COc1cc(C(N)c2cccc(Cl)c2C)ccc1Cl. The maximum Gasteiger partial charge on any atom is 0.137 e. The fourth-order valence-corrected chi connectivity index (χ4v) is 2.39. The molecule has 2 rings (SSSR count). The monoisotopic (exact) mass is 295 g/mol. The molecule has 2 nitrogen and oxygen atoms in total. The zero-order valence-corrected chi connectivity index (χ0v) is 12.3. The lowest BCUT2D eigenvalue weighted by molar-refractivity contribution is 0.414. The Kier molecular flexibility index (Phi) is 4.35. The molecule has 0 bridgehead atoms. The van der Waals surface area contributed by atoms with E-state index in [4.69, 9.17) is 33.7 Å². The van der Waals surface area contributed by atoms with Crippen LogP contribution in [0.3, 0.4) is 0 Å². The smallest absolute Gasteiger partial charge is 0.137 e. The highest BCUT2D eigenvalue weighted by Gasteiger charge is 2.14. The van der Waals surface area contributed by atoms with Crippen molar-refractivity contribution in [2.24, 2.45) is 5.73 Å². The summed E-state index contributed by atoms with van der Waals surface area (Å²) in [6, 6.07) is 11.0. The Morgan fingerprint density at radius 1 is 1.11 bits per heavy atom. The van der Waals surface area contributed by atoms with Crippen LogP contribution in [0.1, 0.15) is 22.7 Å². The van der Waals surface area contributed by atoms with Gasteiger partial charge >= 0.3 is 0 Å². The zero-order chi connectivity index (χ0) is 14.0. The third kappa shape index (κ3) is 2.86. The van der Waals surface area contributed by atoms with E-state index in [0.717, 1.165) is 16.7 Å². The molecule has 0 heterocycles. The van der Waals surface area contributed by atoms with Gasteiger partial charge in [0.15, 0.2) is 0 Å². The number of nitrogens with two attached hydrogens (primary N) is 1. The lowest BCUT2D eigenvalue weighted by Crippen LogP contribution is -2.13. The van der Waals surface area contributed by atoms with Gasteiger partial charge in [0.05, 0.1) is 18.2 Å². The summed E-state index contributed by atoms with van der Waals surface area (Å²) in [7, 11) is 1.58. The average Bonchev–Trinajstić information content (AvgIpc) is 2.41. The van der Waals surface area contributed by atoms with Crippen LogP contribution in [0.25, 0.3) is 0 Å². The number of methoxy groups -OCH3 is 1. The van der Waals surface area contributed by atoms with Crippen molar-refractivity contribution in [3.63, 3.8) is 0 Å². The second-order valence-electron chi connectivity index (χ2n) is 4.33. The molecule has 2 aromatic rings. The standard InChI is InChI=1S/C15H15Cl2NO/c1-9-11(4-3-5-12(9)16)15(18)10-6-7-13(17)14(8-10)19-2/h3-8,15H,18H2,1-2H3. The van der Waals surface area contributed by atoms with Crippen LogP contribution in [0.4, 0.5) is 0 Å².